The van der Waals surface area contributed by atoms with Gasteiger partial charge in [-0.25, -0.2) is 18.7 Å². The maximum absolute atomic E-state index is 14.4. The molecule has 0 spiro atoms. The van der Waals surface area contributed by atoms with Gasteiger partial charge in [-0.3, -0.25) is 19.1 Å². The molecule has 3 rings (SSSR count). The van der Waals surface area contributed by atoms with Gasteiger partial charge in [0.15, 0.2) is 11.8 Å². The van der Waals surface area contributed by atoms with E-state index in [1.54, 1.807) is 32.0 Å². The summed E-state index contributed by atoms with van der Waals surface area (Å²) in [5.41, 5.74) is -4.69. The minimum atomic E-state index is -3.82. The predicted octanol–water partition coefficient (Wildman–Crippen LogP) is 1.04. The van der Waals surface area contributed by atoms with Crippen LogP contribution in [0.15, 0.2) is 52.2 Å². The fourth-order valence-corrected chi connectivity index (χ4v) is 5.96. The number of benzene rings is 1. The van der Waals surface area contributed by atoms with Crippen LogP contribution in [0.1, 0.15) is 27.0 Å². The lowest BCUT2D eigenvalue weighted by Crippen LogP contribution is -2.53. The molecule has 0 radical (unpaired) electrons. The van der Waals surface area contributed by atoms with E-state index >= 15 is 0 Å². The first-order valence-electron chi connectivity index (χ1n) is 11.4. The number of ether oxygens (including phenoxy) is 2. The van der Waals surface area contributed by atoms with Gasteiger partial charge in [0.25, 0.3) is 12.0 Å². The Balaban J connectivity index is 1.90. The summed E-state index contributed by atoms with van der Waals surface area (Å²) in [7, 11) is 0. The summed E-state index contributed by atoms with van der Waals surface area (Å²) in [6, 6.07) is 7.82. The molecule has 2 aromatic rings. The highest BCUT2D eigenvalue weighted by Crippen LogP contribution is 2.49. The average molecular weight is 580 g/mol. The van der Waals surface area contributed by atoms with Gasteiger partial charge >= 0.3 is 18.3 Å². The number of aliphatic hydroxyl groups is 2. The van der Waals surface area contributed by atoms with Crippen molar-refractivity contribution in [3.63, 3.8) is 0 Å². The fraction of sp³-hybridized carbons (Fsp3) is 0.500. The number of nitrogens with one attached hydrogen (secondary N) is 2. The van der Waals surface area contributed by atoms with E-state index in [0.29, 0.717) is 4.57 Å². The molecule has 210 valence electrons. The first-order chi connectivity index (χ1) is 17.8. The lowest BCUT2D eigenvalue weighted by molar-refractivity contribution is -0.192. The molecular weight excluding hydrogens is 551 g/mol. The number of carbonyl (C=O) groups excluding carboxylic acids is 1. The fourth-order valence-electron chi connectivity index (χ4n) is 3.54. The van der Waals surface area contributed by atoms with Crippen molar-refractivity contribution < 1.29 is 42.3 Å². The lowest BCUT2D eigenvalue weighted by atomic mass is 9.96. The number of aromatic amines is 1. The minimum absolute atomic E-state index is 0.199. The number of aromatic nitrogens is 2. The number of esters is 1. The second-order valence-electron chi connectivity index (χ2n) is 8.73. The second kappa shape index (κ2) is 12.1. The van der Waals surface area contributed by atoms with Crippen LogP contribution in [-0.2, 0) is 30.6 Å². The van der Waals surface area contributed by atoms with Crippen LogP contribution in [0.5, 0.6) is 5.75 Å². The zero-order chi connectivity index (χ0) is 28.3. The summed E-state index contributed by atoms with van der Waals surface area (Å²) in [4.78, 5) is 37.8. The van der Waals surface area contributed by atoms with Crippen LogP contribution in [0, 0.1) is 0 Å². The lowest BCUT2D eigenvalue weighted by Gasteiger charge is -2.34. The Morgan fingerprint density at radius 3 is 2.47 bits per heavy atom. The summed E-state index contributed by atoms with van der Waals surface area (Å²) in [6.07, 6.45) is -9.03. The van der Waals surface area contributed by atoms with Gasteiger partial charge in [-0.1, -0.05) is 18.2 Å². The maximum atomic E-state index is 14.4. The van der Waals surface area contributed by atoms with Crippen molar-refractivity contribution in [3.8, 4) is 5.75 Å². The van der Waals surface area contributed by atoms with Gasteiger partial charge in [0.1, 0.15) is 24.0 Å². The average Bonchev–Trinajstić information content (AvgIpc) is 3.09. The number of H-pyrrole nitrogens is 1. The molecule has 1 unspecified atom stereocenters. The molecule has 1 aliphatic rings. The minimum Gasteiger partial charge on any atom is -0.462 e. The molecule has 0 saturated carbocycles. The van der Waals surface area contributed by atoms with E-state index in [1.165, 1.54) is 19.1 Å². The van der Waals surface area contributed by atoms with Crippen LogP contribution in [0.3, 0.4) is 0 Å². The third kappa shape index (κ3) is 6.72. The van der Waals surface area contributed by atoms with Gasteiger partial charge in [0.05, 0.1) is 12.7 Å². The van der Waals surface area contributed by atoms with E-state index in [-0.39, 0.29) is 5.75 Å². The number of carbonyl (C=O) groups is 1. The van der Waals surface area contributed by atoms with E-state index in [0.717, 1.165) is 12.3 Å². The highest BCUT2D eigenvalue weighted by Gasteiger charge is 2.61. The molecule has 16 heteroatoms. The van der Waals surface area contributed by atoms with E-state index < -0.39 is 73.1 Å². The monoisotopic (exact) mass is 579 g/mol. The van der Waals surface area contributed by atoms with E-state index in [2.05, 4.69) is 5.09 Å². The standard InChI is InChI=1S/C22H28F2N3O9PS/c1-12(2)34-19(31)13(3)26-37(38,36-14-7-5-4-6-8-14)33-11-22(20(23)24)17(30)16(29)18(35-22)27-10-9-15(28)25-21(27)32/h4-10,12-13,16-18,20,29-30H,11H2,1-3H3,(H,26,38)(H,25,28,32)/t13-,16+,17+,18+,22+,37?/m0/s1. The quantitative estimate of drug-likeness (QED) is 0.222. The Morgan fingerprint density at radius 2 is 1.89 bits per heavy atom. The molecule has 1 aromatic heterocycles. The molecule has 0 aliphatic carbocycles. The zero-order valence-corrected chi connectivity index (χ0v) is 22.2. The van der Waals surface area contributed by atoms with Crippen LogP contribution in [0.4, 0.5) is 8.78 Å². The number of hydrogen-bond acceptors (Lipinski definition) is 10. The van der Waals surface area contributed by atoms with Crippen LogP contribution in [0.2, 0.25) is 0 Å². The number of hydrogen-bond donors (Lipinski definition) is 4. The van der Waals surface area contributed by atoms with Crippen molar-refractivity contribution in [2.24, 2.45) is 0 Å². The van der Waals surface area contributed by atoms with Crippen molar-refractivity contribution in [2.75, 3.05) is 6.61 Å². The maximum Gasteiger partial charge on any atom is 0.330 e. The van der Waals surface area contributed by atoms with Crippen molar-refractivity contribution in [1.29, 1.82) is 0 Å². The number of aliphatic hydroxyl groups excluding tert-OH is 2. The van der Waals surface area contributed by atoms with Crippen molar-refractivity contribution >= 4 is 24.4 Å². The Hall–Kier alpha value is -2.52. The SMILES string of the molecule is CC(C)OC(=O)[C@H](C)NP(=S)(OC[C@@]1(C(F)F)O[C@@H](n2ccc(=O)[nH]c2=O)[C@H](O)[C@H]1O)Oc1ccccc1. The summed E-state index contributed by atoms with van der Waals surface area (Å²) in [5, 5.41) is 23.8. The van der Waals surface area contributed by atoms with E-state index in [9.17, 15) is 33.4 Å². The van der Waals surface area contributed by atoms with E-state index in [1.807, 2.05) is 4.98 Å². The molecule has 4 N–H and O–H groups in total. The predicted molar refractivity (Wildman–Crippen MR) is 133 cm³/mol. The van der Waals surface area contributed by atoms with E-state index in [4.69, 9.17) is 30.3 Å². The summed E-state index contributed by atoms with van der Waals surface area (Å²) in [6.45, 7) is -0.247. The third-order valence-electron chi connectivity index (χ3n) is 5.44. The largest absolute Gasteiger partial charge is 0.462 e. The smallest absolute Gasteiger partial charge is 0.330 e. The molecule has 12 nitrogen and oxygen atoms in total. The topological polar surface area (TPSA) is 161 Å². The second-order valence-corrected chi connectivity index (χ2v) is 11.9. The van der Waals surface area contributed by atoms with Crippen LogP contribution < -0.4 is 20.9 Å². The number of rotatable bonds is 11. The number of para-hydroxylation sites is 1. The zero-order valence-electron chi connectivity index (χ0n) is 20.5. The molecule has 1 fully saturated rings. The molecule has 1 aliphatic heterocycles. The number of nitrogens with zero attached hydrogens (tertiary/aromatic N) is 1. The molecule has 38 heavy (non-hydrogen) atoms. The molecular formula is C22H28F2N3O9PS. The van der Waals surface area contributed by atoms with Crippen LogP contribution in [0.25, 0.3) is 0 Å². The summed E-state index contributed by atoms with van der Waals surface area (Å²) < 4.78 is 51.4. The normalized spacial score (nSPS) is 25.8. The van der Waals surface area contributed by atoms with Crippen LogP contribution >= 0.6 is 6.64 Å². The van der Waals surface area contributed by atoms with Crippen molar-refractivity contribution in [1.82, 2.24) is 14.6 Å². The Kier molecular flexibility index (Phi) is 9.57. The van der Waals surface area contributed by atoms with Gasteiger partial charge in [0, 0.05) is 12.3 Å². The summed E-state index contributed by atoms with van der Waals surface area (Å²) >= 11 is 5.50. The molecule has 1 saturated heterocycles. The molecule has 1 aromatic carbocycles. The molecule has 0 bridgehead atoms. The van der Waals surface area contributed by atoms with Gasteiger partial charge in [0.2, 0.25) is 0 Å². The highest BCUT2D eigenvalue weighted by molar-refractivity contribution is 8.09. The molecule has 6 atom stereocenters. The van der Waals surface area contributed by atoms with Gasteiger partial charge in [-0.2, -0.15) is 0 Å². The Bertz CT molecular complexity index is 1280. The number of alkyl halides is 2. The van der Waals surface area contributed by atoms with Crippen molar-refractivity contribution in [2.45, 2.75) is 63.4 Å². The number of halogens is 2. The first kappa shape index (κ1) is 30.0. The molecule has 0 amide bonds. The first-order valence-corrected chi connectivity index (χ1v) is 14.0. The van der Waals surface area contributed by atoms with Gasteiger partial charge in [-0.15, -0.1) is 0 Å². The Labute approximate surface area is 220 Å². The Morgan fingerprint density at radius 1 is 1.24 bits per heavy atom. The summed E-state index contributed by atoms with van der Waals surface area (Å²) in [5.74, 6) is -0.507. The van der Waals surface area contributed by atoms with Gasteiger partial charge in [-0.05, 0) is 44.7 Å². The van der Waals surface area contributed by atoms with Crippen LogP contribution in [-0.4, -0.2) is 68.7 Å². The molecule has 2 heterocycles. The van der Waals surface area contributed by atoms with Gasteiger partial charge < -0.3 is 28.7 Å². The van der Waals surface area contributed by atoms with Crippen molar-refractivity contribution in [3.05, 3.63) is 63.4 Å². The third-order valence-corrected chi connectivity index (χ3v) is 7.92. The highest BCUT2D eigenvalue weighted by atomic mass is 32.5.